The van der Waals surface area contributed by atoms with E-state index in [9.17, 15) is 5.11 Å². The van der Waals surface area contributed by atoms with Gasteiger partial charge in [0, 0.05) is 13.2 Å². The van der Waals surface area contributed by atoms with Gasteiger partial charge in [-0.2, -0.15) is 0 Å². The highest BCUT2D eigenvalue weighted by Gasteiger charge is 2.47. The first kappa shape index (κ1) is 36.0. The maximum atomic E-state index is 9.49. The second-order valence-corrected chi connectivity index (χ2v) is 39.1. The van der Waals surface area contributed by atoms with Crippen LogP contribution in [-0.2, 0) is 21.2 Å². The van der Waals surface area contributed by atoms with Crippen molar-refractivity contribution in [3.05, 3.63) is 0 Å². The van der Waals surface area contributed by atoms with Crippen LogP contribution in [-0.4, -0.2) is 86.5 Å². The third-order valence-electron chi connectivity index (χ3n) is 4.97. The van der Waals surface area contributed by atoms with Crippen LogP contribution < -0.4 is 0 Å². The van der Waals surface area contributed by atoms with Crippen molar-refractivity contribution in [1.29, 1.82) is 0 Å². The molecule has 0 spiro atoms. The molecule has 0 aromatic heterocycles. The first-order valence-corrected chi connectivity index (χ1v) is 31.5. The minimum Gasteiger partial charge on any atom is -0.456 e. The Bertz CT molecular complexity index is 607. The highest BCUT2D eigenvalue weighted by atomic mass is 28.5. The molecule has 13 heteroatoms. The molecule has 0 fully saturated rings. The Morgan fingerprint density at radius 2 is 1.03 bits per heavy atom. The zero-order valence-electron chi connectivity index (χ0n) is 25.2. The van der Waals surface area contributed by atoms with Gasteiger partial charge in [0.15, 0.2) is 33.3 Å². The fourth-order valence-electron chi connectivity index (χ4n) is 4.31. The van der Waals surface area contributed by atoms with Crippen LogP contribution in [0.5, 0.6) is 0 Å². The number of hydrogen-bond donors (Lipinski definition) is 2. The molecule has 0 radical (unpaired) electrons. The summed E-state index contributed by atoms with van der Waals surface area (Å²) in [7, 11) is -12.1. The molecular formula is C22H58O7Si6. The van der Waals surface area contributed by atoms with Gasteiger partial charge in [0.25, 0.3) is 0 Å². The summed E-state index contributed by atoms with van der Waals surface area (Å²) >= 11 is 0. The van der Waals surface area contributed by atoms with E-state index in [2.05, 4.69) is 85.1 Å². The summed E-state index contributed by atoms with van der Waals surface area (Å²) in [5.74, 6) is 0. The predicted molar refractivity (Wildman–Crippen MR) is 163 cm³/mol. The van der Waals surface area contributed by atoms with Crippen molar-refractivity contribution >= 4 is 50.4 Å². The van der Waals surface area contributed by atoms with Crippen molar-refractivity contribution in [2.45, 2.75) is 122 Å². The zero-order chi connectivity index (χ0) is 27.8. The van der Waals surface area contributed by atoms with Crippen molar-refractivity contribution in [3.8, 4) is 0 Å². The Morgan fingerprint density at radius 1 is 0.571 bits per heavy atom. The molecule has 3 unspecified atom stereocenters. The van der Waals surface area contributed by atoms with Gasteiger partial charge in [-0.1, -0.05) is 0 Å². The normalized spacial score (nSPS) is 18.3. The van der Waals surface area contributed by atoms with Crippen LogP contribution in [0.3, 0.4) is 0 Å². The molecule has 212 valence electrons. The molecule has 3 atom stereocenters. The topological polar surface area (TPSA) is 86.6 Å². The molecule has 0 rings (SSSR count). The van der Waals surface area contributed by atoms with Gasteiger partial charge in [0.2, 0.25) is 0 Å². The minimum absolute atomic E-state index is 0.227. The Morgan fingerprint density at radius 3 is 1.46 bits per heavy atom. The van der Waals surface area contributed by atoms with E-state index in [0.717, 1.165) is 24.6 Å². The third kappa shape index (κ3) is 19.7. The van der Waals surface area contributed by atoms with E-state index in [1.54, 1.807) is 0 Å². The molecule has 0 aliphatic rings. The zero-order valence-corrected chi connectivity index (χ0v) is 31.2. The maximum Gasteiger partial charge on any atom is 0.315 e. The largest absolute Gasteiger partial charge is 0.456 e. The predicted octanol–water partition coefficient (Wildman–Crippen LogP) is 6.06. The number of ether oxygens (including phenoxy) is 1. The second-order valence-electron chi connectivity index (χ2n) is 13.6. The van der Waals surface area contributed by atoms with Gasteiger partial charge >= 0.3 is 17.1 Å². The summed E-state index contributed by atoms with van der Waals surface area (Å²) in [5, 5.41) is 18.4. The molecular weight excluding hydrogens is 545 g/mol. The van der Waals surface area contributed by atoms with Gasteiger partial charge in [-0.25, -0.2) is 0 Å². The average molecular weight is 603 g/mol. The molecule has 0 aliphatic heterocycles. The van der Waals surface area contributed by atoms with Gasteiger partial charge in [0.05, 0.1) is 12.7 Å². The van der Waals surface area contributed by atoms with Crippen LogP contribution in [0.25, 0.3) is 0 Å². The van der Waals surface area contributed by atoms with E-state index in [4.69, 9.17) is 26.3 Å². The highest BCUT2D eigenvalue weighted by molar-refractivity contribution is 6.91. The molecule has 0 aromatic carbocycles. The van der Waals surface area contributed by atoms with Crippen LogP contribution in [0.15, 0.2) is 0 Å². The van der Waals surface area contributed by atoms with Crippen molar-refractivity contribution < 1.29 is 31.4 Å². The monoisotopic (exact) mass is 602 g/mol. The van der Waals surface area contributed by atoms with Gasteiger partial charge in [0.1, 0.15) is 0 Å². The van der Waals surface area contributed by atoms with Gasteiger partial charge in [-0.05, 0) is 116 Å². The standard InChI is InChI=1S/C22H58O7Si6/c1-30(2,3)26-33(10,11)19-20-35(13,28-32(7,8)9)29-34(12,27-31(4,5)6)18-14-16-25-17-15-22(24)21-23/h22-24H,14-21H2,1-13H3. The number of hydrogen-bond acceptors (Lipinski definition) is 7. The summed E-state index contributed by atoms with van der Waals surface area (Å²) in [6.07, 6.45) is 0.580. The fourth-order valence-corrected chi connectivity index (χ4v) is 33.1. The van der Waals surface area contributed by atoms with Crippen LogP contribution in [0.1, 0.15) is 12.8 Å². The Balaban J connectivity index is 5.49. The van der Waals surface area contributed by atoms with Gasteiger partial charge < -0.3 is 31.4 Å². The van der Waals surface area contributed by atoms with Crippen LogP contribution in [0, 0.1) is 0 Å². The molecule has 2 N–H and O–H groups in total. The van der Waals surface area contributed by atoms with Crippen LogP contribution >= 0.6 is 0 Å². The van der Waals surface area contributed by atoms with E-state index < -0.39 is 56.5 Å². The Kier molecular flexibility index (Phi) is 14.8. The van der Waals surface area contributed by atoms with Crippen molar-refractivity contribution in [3.63, 3.8) is 0 Å². The number of aliphatic hydroxyl groups is 2. The van der Waals surface area contributed by atoms with E-state index in [-0.39, 0.29) is 6.61 Å². The molecule has 0 saturated heterocycles. The highest BCUT2D eigenvalue weighted by Crippen LogP contribution is 2.33. The van der Waals surface area contributed by atoms with Crippen molar-refractivity contribution in [2.75, 3.05) is 19.8 Å². The average Bonchev–Trinajstić information content (AvgIpc) is 2.57. The summed E-state index contributed by atoms with van der Waals surface area (Å²) in [5.41, 5.74) is 0. The minimum atomic E-state index is -2.52. The summed E-state index contributed by atoms with van der Waals surface area (Å²) in [4.78, 5) is 0. The van der Waals surface area contributed by atoms with E-state index in [1.807, 2.05) is 0 Å². The van der Waals surface area contributed by atoms with Crippen LogP contribution in [0.2, 0.25) is 103 Å². The molecule has 0 heterocycles. The summed E-state index contributed by atoms with van der Waals surface area (Å²) in [6, 6.07) is 2.83. The molecule has 0 amide bonds. The fraction of sp³-hybridized carbons (Fsp3) is 1.00. The first-order chi connectivity index (χ1) is 15.5. The Labute approximate surface area is 223 Å². The number of rotatable bonds is 19. The quantitative estimate of drug-likeness (QED) is 0.137. The van der Waals surface area contributed by atoms with Crippen LogP contribution in [0.4, 0.5) is 0 Å². The lowest BCUT2D eigenvalue weighted by molar-refractivity contribution is 0.0483. The van der Waals surface area contributed by atoms with E-state index in [1.165, 1.54) is 0 Å². The van der Waals surface area contributed by atoms with E-state index in [0.29, 0.717) is 19.6 Å². The first-order valence-electron chi connectivity index (χ1n) is 13.2. The molecule has 7 nitrogen and oxygen atoms in total. The molecule has 0 saturated carbocycles. The summed E-state index contributed by atoms with van der Waals surface area (Å²) in [6.45, 7) is 30.1. The summed E-state index contributed by atoms with van der Waals surface area (Å²) < 4.78 is 33.1. The van der Waals surface area contributed by atoms with E-state index >= 15 is 0 Å². The van der Waals surface area contributed by atoms with Crippen molar-refractivity contribution in [2.24, 2.45) is 0 Å². The molecule has 0 aliphatic carbocycles. The smallest absolute Gasteiger partial charge is 0.315 e. The lowest BCUT2D eigenvalue weighted by atomic mass is 10.3. The molecule has 35 heavy (non-hydrogen) atoms. The maximum absolute atomic E-state index is 9.49. The number of aliphatic hydroxyl groups excluding tert-OH is 2. The lowest BCUT2D eigenvalue weighted by Gasteiger charge is -2.44. The Hall–Kier alpha value is 1.02. The van der Waals surface area contributed by atoms with Gasteiger partial charge in [-0.15, -0.1) is 0 Å². The third-order valence-corrected chi connectivity index (χ3v) is 25.8. The second kappa shape index (κ2) is 14.4. The van der Waals surface area contributed by atoms with Crippen molar-refractivity contribution in [1.82, 2.24) is 0 Å². The lowest BCUT2D eigenvalue weighted by Crippen LogP contribution is -2.58. The molecule has 0 bridgehead atoms. The SMILES string of the molecule is C[Si](C)(C)O[Si](C)(C)CC[Si](C)(O[Si](C)(C)C)O[Si](C)(CCCOCCC(O)CO)O[Si](C)(C)C. The molecule has 0 aromatic rings. The van der Waals surface area contributed by atoms with Gasteiger partial charge in [-0.3, -0.25) is 0 Å².